The molecule has 1 heterocycles. The van der Waals surface area contributed by atoms with Gasteiger partial charge in [0.2, 0.25) is 0 Å². The molecule has 0 saturated heterocycles. The van der Waals surface area contributed by atoms with Crippen LogP contribution in [0.25, 0.3) is 6.08 Å². The maximum absolute atomic E-state index is 10.6. The predicted molar refractivity (Wildman–Crippen MR) is 48.1 cm³/mol. The number of nitrogens with zero attached hydrogens (tertiary/aromatic N) is 2. The van der Waals surface area contributed by atoms with Crippen LogP contribution in [0, 0.1) is 0 Å². The zero-order chi connectivity index (χ0) is 9.14. The van der Waals surface area contributed by atoms with Crippen molar-refractivity contribution in [2.45, 2.75) is 0 Å². The van der Waals surface area contributed by atoms with E-state index in [1.54, 1.807) is 24.3 Å². The van der Waals surface area contributed by atoms with Gasteiger partial charge in [0.05, 0.1) is 0 Å². The fourth-order valence-electron chi connectivity index (χ4n) is 0.863. The second-order valence-corrected chi connectivity index (χ2v) is 2.73. The number of carbonyl (C=O) groups is 1. The molecular formula is C7H7BrN2O2. The van der Waals surface area contributed by atoms with Crippen LogP contribution in [-0.4, -0.2) is 20.9 Å². The fraction of sp³-hybridized carbons (Fsp3) is 0.143. The topological polar surface area (TPSA) is 55.1 Å². The largest absolute Gasteiger partial charge is 0.476 e. The van der Waals surface area contributed by atoms with Crippen molar-refractivity contribution in [2.75, 3.05) is 0 Å². The number of carboxylic acid groups (broad SMARTS) is 1. The molecule has 0 fully saturated rings. The lowest BCUT2D eigenvalue weighted by Gasteiger charge is -1.86. The van der Waals surface area contributed by atoms with Crippen LogP contribution in [0.1, 0.15) is 16.1 Å². The first-order chi connectivity index (χ1) is 5.65. The van der Waals surface area contributed by atoms with Gasteiger partial charge in [0, 0.05) is 18.8 Å². The van der Waals surface area contributed by atoms with Gasteiger partial charge in [-0.3, -0.25) is 4.68 Å². The zero-order valence-electron chi connectivity index (χ0n) is 6.36. The lowest BCUT2D eigenvalue weighted by atomic mass is 10.2. The Hall–Kier alpha value is -1.10. The summed E-state index contributed by atoms with van der Waals surface area (Å²) in [5.41, 5.74) is 0.648. The Bertz CT molecular complexity index is 330. The summed E-state index contributed by atoms with van der Waals surface area (Å²) in [7, 11) is 1.68. The second kappa shape index (κ2) is 3.53. The second-order valence-electron chi connectivity index (χ2n) is 2.20. The molecule has 0 radical (unpaired) electrons. The van der Waals surface area contributed by atoms with E-state index in [1.165, 1.54) is 4.68 Å². The van der Waals surface area contributed by atoms with Gasteiger partial charge in [-0.2, -0.15) is 5.10 Å². The summed E-state index contributed by atoms with van der Waals surface area (Å²) in [6.07, 6.45) is 3.28. The van der Waals surface area contributed by atoms with E-state index in [2.05, 4.69) is 21.0 Å². The Kier molecular flexibility index (Phi) is 2.65. The molecule has 1 aromatic heterocycles. The first-order valence-corrected chi connectivity index (χ1v) is 4.10. The minimum atomic E-state index is -1.02. The summed E-state index contributed by atoms with van der Waals surface area (Å²) >= 11 is 3.07. The molecule has 0 spiro atoms. The summed E-state index contributed by atoms with van der Waals surface area (Å²) in [6.45, 7) is 0. The number of carboxylic acids is 1. The van der Waals surface area contributed by atoms with E-state index >= 15 is 0 Å². The summed E-state index contributed by atoms with van der Waals surface area (Å²) in [5.74, 6) is -1.02. The summed E-state index contributed by atoms with van der Waals surface area (Å²) in [5, 5.41) is 12.5. The van der Waals surface area contributed by atoms with Crippen LogP contribution in [-0.2, 0) is 7.05 Å². The highest BCUT2D eigenvalue weighted by molar-refractivity contribution is 9.11. The number of aryl methyl sites for hydroxylation is 1. The summed E-state index contributed by atoms with van der Waals surface area (Å²) in [4.78, 5) is 12.2. The average molecular weight is 231 g/mol. The van der Waals surface area contributed by atoms with E-state index in [4.69, 9.17) is 5.11 Å². The molecule has 0 aliphatic heterocycles. The van der Waals surface area contributed by atoms with Crippen molar-refractivity contribution < 1.29 is 9.90 Å². The molecular weight excluding hydrogens is 224 g/mol. The van der Waals surface area contributed by atoms with Gasteiger partial charge in [-0.1, -0.05) is 15.9 Å². The predicted octanol–water partition coefficient (Wildman–Crippen LogP) is 1.48. The molecule has 1 aromatic rings. The Morgan fingerprint density at radius 3 is 3.00 bits per heavy atom. The van der Waals surface area contributed by atoms with Gasteiger partial charge in [0.15, 0.2) is 5.69 Å². The smallest absolute Gasteiger partial charge is 0.357 e. The van der Waals surface area contributed by atoms with Crippen LogP contribution in [0.4, 0.5) is 0 Å². The number of hydrogen-bond donors (Lipinski definition) is 1. The van der Waals surface area contributed by atoms with Crippen LogP contribution in [0.2, 0.25) is 0 Å². The molecule has 4 nitrogen and oxygen atoms in total. The molecule has 1 rings (SSSR count). The average Bonchev–Trinajstić information content (AvgIpc) is 2.32. The minimum Gasteiger partial charge on any atom is -0.476 e. The van der Waals surface area contributed by atoms with Gasteiger partial charge < -0.3 is 5.11 Å². The van der Waals surface area contributed by atoms with Crippen molar-refractivity contribution in [3.05, 3.63) is 22.4 Å². The van der Waals surface area contributed by atoms with Gasteiger partial charge in [0.1, 0.15) is 0 Å². The molecule has 0 aliphatic rings. The first kappa shape index (κ1) is 8.99. The Balaban J connectivity index is 3.17. The van der Waals surface area contributed by atoms with Crippen molar-refractivity contribution in [1.29, 1.82) is 0 Å². The van der Waals surface area contributed by atoms with Crippen molar-refractivity contribution >= 4 is 28.0 Å². The van der Waals surface area contributed by atoms with Crippen molar-refractivity contribution in [2.24, 2.45) is 7.05 Å². The first-order valence-electron chi connectivity index (χ1n) is 3.19. The summed E-state index contributed by atoms with van der Waals surface area (Å²) in [6, 6.07) is 0. The molecule has 0 saturated carbocycles. The van der Waals surface area contributed by atoms with Crippen LogP contribution in [0.3, 0.4) is 0 Å². The third-order valence-corrected chi connectivity index (χ3v) is 1.57. The van der Waals surface area contributed by atoms with Crippen LogP contribution < -0.4 is 0 Å². The van der Waals surface area contributed by atoms with E-state index in [-0.39, 0.29) is 5.69 Å². The quantitative estimate of drug-likeness (QED) is 0.838. The maximum Gasteiger partial charge on any atom is 0.357 e. The van der Waals surface area contributed by atoms with Crippen LogP contribution >= 0.6 is 15.9 Å². The highest BCUT2D eigenvalue weighted by Crippen LogP contribution is 2.09. The van der Waals surface area contributed by atoms with Gasteiger partial charge in [-0.05, 0) is 11.1 Å². The van der Waals surface area contributed by atoms with E-state index in [0.717, 1.165) is 0 Å². The highest BCUT2D eigenvalue weighted by Gasteiger charge is 2.11. The molecule has 64 valence electrons. The number of halogens is 1. The number of aromatic nitrogens is 2. The van der Waals surface area contributed by atoms with E-state index in [1.807, 2.05) is 0 Å². The van der Waals surface area contributed by atoms with Crippen molar-refractivity contribution in [1.82, 2.24) is 9.78 Å². The van der Waals surface area contributed by atoms with Crippen molar-refractivity contribution in [3.63, 3.8) is 0 Å². The fourth-order valence-corrected chi connectivity index (χ4v) is 1.15. The Morgan fingerprint density at radius 2 is 2.50 bits per heavy atom. The monoisotopic (exact) mass is 230 g/mol. The Labute approximate surface area is 77.6 Å². The third-order valence-electron chi connectivity index (χ3n) is 1.30. The van der Waals surface area contributed by atoms with E-state index < -0.39 is 5.97 Å². The normalized spacial score (nSPS) is 10.8. The molecule has 0 unspecified atom stereocenters. The van der Waals surface area contributed by atoms with Gasteiger partial charge in [-0.25, -0.2) is 4.79 Å². The summed E-state index contributed by atoms with van der Waals surface area (Å²) < 4.78 is 1.46. The third kappa shape index (κ3) is 1.73. The molecule has 0 atom stereocenters. The minimum absolute atomic E-state index is 0.0631. The zero-order valence-corrected chi connectivity index (χ0v) is 7.95. The molecule has 0 aromatic carbocycles. The van der Waals surface area contributed by atoms with E-state index in [9.17, 15) is 4.79 Å². The lowest BCUT2D eigenvalue weighted by molar-refractivity contribution is 0.0689. The van der Waals surface area contributed by atoms with Crippen molar-refractivity contribution in [3.8, 4) is 0 Å². The molecule has 5 heteroatoms. The van der Waals surface area contributed by atoms with Crippen LogP contribution in [0.5, 0.6) is 0 Å². The maximum atomic E-state index is 10.6. The standard InChI is InChI=1S/C7H7BrN2O2/c1-10-4-5(2-3-8)6(9-10)7(11)12/h2-4H,1H3,(H,11,12)/b3-2+. The van der Waals surface area contributed by atoms with Gasteiger partial charge in [-0.15, -0.1) is 0 Å². The molecule has 1 N–H and O–H groups in total. The number of rotatable bonds is 2. The molecule has 0 bridgehead atoms. The highest BCUT2D eigenvalue weighted by atomic mass is 79.9. The number of hydrogen-bond acceptors (Lipinski definition) is 2. The number of aromatic carboxylic acids is 1. The molecule has 0 amide bonds. The van der Waals surface area contributed by atoms with Crippen LogP contribution in [0.15, 0.2) is 11.2 Å². The van der Waals surface area contributed by atoms with Gasteiger partial charge >= 0.3 is 5.97 Å². The molecule has 12 heavy (non-hydrogen) atoms. The lowest BCUT2D eigenvalue weighted by Crippen LogP contribution is -2.00. The Morgan fingerprint density at radius 1 is 1.83 bits per heavy atom. The van der Waals surface area contributed by atoms with Gasteiger partial charge in [0.25, 0.3) is 0 Å². The van der Waals surface area contributed by atoms with E-state index in [0.29, 0.717) is 5.56 Å². The molecule has 0 aliphatic carbocycles. The SMILES string of the molecule is Cn1cc(/C=C/Br)c(C(=O)O)n1.